The molecule has 212 valence electrons. The molecule has 0 aliphatic rings. The molecule has 0 saturated heterocycles. The second kappa shape index (κ2) is 15.2. The van der Waals surface area contributed by atoms with Crippen molar-refractivity contribution < 1.29 is 28.2 Å². The third kappa shape index (κ3) is 8.50. The molecule has 0 unspecified atom stereocenters. The van der Waals surface area contributed by atoms with Gasteiger partial charge in [0.25, 0.3) is 0 Å². The monoisotopic (exact) mass is 562 g/mol. The molecule has 0 aliphatic carbocycles. The van der Waals surface area contributed by atoms with Crippen LogP contribution < -0.4 is 9.47 Å². The first-order chi connectivity index (χ1) is 17.2. The number of carbonyl (C=O) groups is 1. The largest absolute Gasteiger partial charge is 0.493 e. The fourth-order valence-electron chi connectivity index (χ4n) is 4.55. The molecule has 0 amide bonds. The molecule has 1 rings (SSSR count). The molecule has 0 radical (unpaired) electrons. The zero-order chi connectivity index (χ0) is 28.5. The molecule has 1 aromatic rings. The highest BCUT2D eigenvalue weighted by atomic mass is 32.2. The molecular weight excluding hydrogens is 517 g/mol. The zero-order valence-corrected chi connectivity index (χ0v) is 25.9. The average molecular weight is 563 g/mol. The molecule has 0 spiro atoms. The van der Waals surface area contributed by atoms with Gasteiger partial charge in [-0.3, -0.25) is 14.9 Å². The molecule has 0 N–H and O–H groups in total. The maximum absolute atomic E-state index is 12.1. The molecule has 12 heteroatoms. The number of methoxy groups -OCH3 is 2. The Balaban J connectivity index is 3.74. The van der Waals surface area contributed by atoms with E-state index < -0.39 is 12.9 Å². The minimum Gasteiger partial charge on any atom is -0.493 e. The number of nitrogens with zero attached hydrogens (tertiary/aromatic N) is 3. The lowest BCUT2D eigenvalue weighted by Gasteiger charge is -2.45. The number of nitro groups is 1. The third-order valence-electron chi connectivity index (χ3n) is 5.52. The van der Waals surface area contributed by atoms with Crippen LogP contribution in [0.1, 0.15) is 67.9 Å². The molecule has 10 nitrogen and oxygen atoms in total. The van der Waals surface area contributed by atoms with E-state index in [2.05, 4.69) is 64.7 Å². The summed E-state index contributed by atoms with van der Waals surface area (Å²) in [6, 6.07) is 3.47. The highest BCUT2D eigenvalue weighted by Crippen LogP contribution is 2.70. The number of hydrogen-bond acceptors (Lipinski definition) is 10. The van der Waals surface area contributed by atoms with Gasteiger partial charge < -0.3 is 9.47 Å². The van der Waals surface area contributed by atoms with E-state index in [0.717, 1.165) is 0 Å². The van der Waals surface area contributed by atoms with Crippen molar-refractivity contribution in [1.29, 1.82) is 0 Å². The molecule has 0 bridgehead atoms. The Hall–Kier alpha value is -1.49. The molecule has 0 heterocycles. The van der Waals surface area contributed by atoms with Crippen LogP contribution in [0.3, 0.4) is 0 Å². The number of nitro benzene ring substituents is 1. The smallest absolute Gasteiger partial charge is 0.437 e. The van der Waals surface area contributed by atoms with E-state index in [-0.39, 0.29) is 59.7 Å². The predicted molar refractivity (Wildman–Crippen MR) is 151 cm³/mol. The standard InChI is InChI=1S/C25H45N3O7PS/c1-17(2)26(18(3)4)36(27(19(5)6)20(7)8,34-14-15-37-21(9)29)35-16-22-12-13-23(32-10)25(33-11)24(22)28(30)31/h12-13,17-20H,14-16H2,1-11H3/q+1. The molecule has 0 fully saturated rings. The van der Waals surface area contributed by atoms with Crippen LogP contribution in [0.4, 0.5) is 5.69 Å². The number of rotatable bonds is 16. The second-order valence-electron chi connectivity index (χ2n) is 9.64. The lowest BCUT2D eigenvalue weighted by atomic mass is 10.1. The third-order valence-corrected chi connectivity index (χ3v) is 10.3. The van der Waals surface area contributed by atoms with Gasteiger partial charge in [0.2, 0.25) is 5.75 Å². The molecule has 0 aromatic heterocycles. The summed E-state index contributed by atoms with van der Waals surface area (Å²) in [6.45, 7) is 18.4. The van der Waals surface area contributed by atoms with Crippen molar-refractivity contribution in [3.05, 3.63) is 27.8 Å². The minimum absolute atomic E-state index is 0.0172. The average Bonchev–Trinajstić information content (AvgIpc) is 2.78. The maximum Gasteiger partial charge on any atom is 0.437 e. The summed E-state index contributed by atoms with van der Waals surface area (Å²) < 4.78 is 28.6. The number of carbonyl (C=O) groups excluding carboxylic acids is 1. The Labute approximate surface area is 227 Å². The second-order valence-corrected chi connectivity index (χ2v) is 13.3. The van der Waals surface area contributed by atoms with Gasteiger partial charge in [-0.15, -0.1) is 9.34 Å². The van der Waals surface area contributed by atoms with Gasteiger partial charge in [-0.25, -0.2) is 0 Å². The van der Waals surface area contributed by atoms with E-state index in [1.54, 1.807) is 12.1 Å². The summed E-state index contributed by atoms with van der Waals surface area (Å²) in [7, 11) is -0.197. The predicted octanol–water partition coefficient (Wildman–Crippen LogP) is 6.34. The SMILES string of the molecule is COc1ccc(CO[P+](OCCSC(C)=O)(N(C(C)C)C(C)C)N(C(C)C)C(C)C)c([N+](=O)[O-])c1OC. The topological polar surface area (TPSA) is 104 Å². The van der Waals surface area contributed by atoms with Crippen LogP contribution in [0, 0.1) is 10.1 Å². The van der Waals surface area contributed by atoms with Crippen LogP contribution in [-0.2, 0) is 20.4 Å². The summed E-state index contributed by atoms with van der Waals surface area (Å²) in [5.74, 6) is 0.796. The summed E-state index contributed by atoms with van der Waals surface area (Å²) in [5.41, 5.74) is 0.155. The Kier molecular flexibility index (Phi) is 13.8. The van der Waals surface area contributed by atoms with Crippen molar-refractivity contribution in [3.63, 3.8) is 0 Å². The van der Waals surface area contributed by atoms with Crippen LogP contribution in [-0.4, -0.2) is 70.1 Å². The van der Waals surface area contributed by atoms with Crippen LogP contribution in [0.5, 0.6) is 11.5 Å². The molecular formula is C25H45N3O7PS+. The van der Waals surface area contributed by atoms with Crippen LogP contribution >= 0.6 is 19.8 Å². The number of ether oxygens (including phenoxy) is 2. The van der Waals surface area contributed by atoms with Gasteiger partial charge in [-0.1, -0.05) is 11.8 Å². The fraction of sp³-hybridized carbons (Fsp3) is 0.720. The van der Waals surface area contributed by atoms with Gasteiger partial charge in [-0.2, -0.15) is 9.05 Å². The first kappa shape index (κ1) is 33.5. The van der Waals surface area contributed by atoms with Gasteiger partial charge >= 0.3 is 13.7 Å². The van der Waals surface area contributed by atoms with Crippen molar-refractivity contribution >= 4 is 30.6 Å². The Morgan fingerprint density at radius 1 is 0.946 bits per heavy atom. The van der Waals surface area contributed by atoms with Gasteiger partial charge in [0.15, 0.2) is 10.9 Å². The first-order valence-electron chi connectivity index (χ1n) is 12.5. The van der Waals surface area contributed by atoms with Gasteiger partial charge in [-0.05, 0) is 67.5 Å². The number of hydrogen-bond donors (Lipinski definition) is 0. The van der Waals surface area contributed by atoms with Gasteiger partial charge in [0.1, 0.15) is 13.2 Å². The van der Waals surface area contributed by atoms with E-state index in [9.17, 15) is 14.9 Å². The highest BCUT2D eigenvalue weighted by Gasteiger charge is 2.60. The van der Waals surface area contributed by atoms with Crippen LogP contribution in [0.25, 0.3) is 0 Å². The number of benzene rings is 1. The summed E-state index contributed by atoms with van der Waals surface area (Å²) in [6.07, 6.45) is 0. The fourth-order valence-corrected chi connectivity index (χ4v) is 8.94. The molecule has 0 saturated carbocycles. The molecule has 0 aliphatic heterocycles. The summed E-state index contributed by atoms with van der Waals surface area (Å²) >= 11 is 1.20. The van der Waals surface area contributed by atoms with E-state index >= 15 is 0 Å². The van der Waals surface area contributed by atoms with Crippen molar-refractivity contribution in [3.8, 4) is 11.5 Å². The minimum atomic E-state index is -3.01. The number of thioether (sulfide) groups is 1. The highest BCUT2D eigenvalue weighted by molar-refractivity contribution is 8.13. The summed E-state index contributed by atoms with van der Waals surface area (Å²) in [4.78, 5) is 23.2. The van der Waals surface area contributed by atoms with Gasteiger partial charge in [0, 0.05) is 36.8 Å². The van der Waals surface area contributed by atoms with Crippen molar-refractivity contribution in [1.82, 2.24) is 9.34 Å². The Morgan fingerprint density at radius 3 is 1.84 bits per heavy atom. The quantitative estimate of drug-likeness (QED) is 0.0981. The van der Waals surface area contributed by atoms with Crippen molar-refractivity contribution in [2.24, 2.45) is 0 Å². The van der Waals surface area contributed by atoms with Crippen LogP contribution in [0.15, 0.2) is 12.1 Å². The van der Waals surface area contributed by atoms with Crippen molar-refractivity contribution in [2.75, 3.05) is 26.6 Å². The van der Waals surface area contributed by atoms with E-state index in [1.807, 2.05) is 0 Å². The van der Waals surface area contributed by atoms with Gasteiger partial charge in [0.05, 0.1) is 24.7 Å². The van der Waals surface area contributed by atoms with Crippen LogP contribution in [0.2, 0.25) is 0 Å². The van der Waals surface area contributed by atoms with E-state index in [0.29, 0.717) is 11.3 Å². The Morgan fingerprint density at radius 2 is 1.46 bits per heavy atom. The van der Waals surface area contributed by atoms with E-state index in [4.69, 9.17) is 18.5 Å². The van der Waals surface area contributed by atoms with Crippen molar-refractivity contribution in [2.45, 2.75) is 93.1 Å². The normalized spacial score (nSPS) is 12.5. The zero-order valence-electron chi connectivity index (χ0n) is 24.1. The maximum atomic E-state index is 12.1. The molecule has 0 atom stereocenters. The molecule has 37 heavy (non-hydrogen) atoms. The summed E-state index contributed by atoms with van der Waals surface area (Å²) in [5, 5.41) is 12.1. The lowest BCUT2D eigenvalue weighted by Crippen LogP contribution is -2.49. The first-order valence-corrected chi connectivity index (χ1v) is 15.0. The molecule has 1 aromatic carbocycles. The Bertz CT molecular complexity index is 863. The lowest BCUT2D eigenvalue weighted by molar-refractivity contribution is -0.386. The van der Waals surface area contributed by atoms with E-state index in [1.165, 1.54) is 32.9 Å².